The zero-order chi connectivity index (χ0) is 15.0. The molecular weight excluding hydrogens is 313 g/mol. The smallest absolute Gasteiger partial charge is 0.332 e. The second-order valence-corrected chi connectivity index (χ2v) is 5.40. The first-order chi connectivity index (χ1) is 10.0. The lowest BCUT2D eigenvalue weighted by atomic mass is 10.1. The number of fused-ring (bicyclic) bond motifs is 1. The van der Waals surface area contributed by atoms with Gasteiger partial charge in [-0.25, -0.2) is 4.79 Å². The highest BCUT2D eigenvalue weighted by molar-refractivity contribution is 6.31. The normalized spacial score (nSPS) is 13.6. The summed E-state index contributed by atoms with van der Waals surface area (Å²) in [7, 11) is 0. The van der Waals surface area contributed by atoms with Crippen molar-refractivity contribution in [3.05, 3.63) is 69.2 Å². The van der Waals surface area contributed by atoms with Gasteiger partial charge in [-0.15, -0.1) is 0 Å². The predicted molar refractivity (Wildman–Crippen MR) is 78.2 cm³/mol. The SMILES string of the molecule is O=C1ON(C(=O)c2ccc(Cl)cc2)Cc2cc(Cl)ccc21. The number of amides is 1. The van der Waals surface area contributed by atoms with E-state index in [4.69, 9.17) is 28.0 Å². The maximum atomic E-state index is 12.3. The lowest BCUT2D eigenvalue weighted by Gasteiger charge is -2.26. The number of hydrogen-bond donors (Lipinski definition) is 0. The van der Waals surface area contributed by atoms with Crippen LogP contribution in [0.3, 0.4) is 0 Å². The van der Waals surface area contributed by atoms with Gasteiger partial charge in [0.15, 0.2) is 0 Å². The zero-order valence-corrected chi connectivity index (χ0v) is 12.2. The van der Waals surface area contributed by atoms with Gasteiger partial charge in [-0.1, -0.05) is 23.2 Å². The minimum atomic E-state index is -0.574. The molecular formula is C15H9Cl2NO3. The summed E-state index contributed by atoms with van der Waals surface area (Å²) in [4.78, 5) is 29.3. The number of halogens is 2. The fourth-order valence-electron chi connectivity index (χ4n) is 2.08. The van der Waals surface area contributed by atoms with Crippen LogP contribution in [0, 0.1) is 0 Å². The Labute approximate surface area is 130 Å². The molecule has 2 aromatic rings. The third-order valence-corrected chi connectivity index (χ3v) is 3.60. The van der Waals surface area contributed by atoms with Crippen molar-refractivity contribution in [3.63, 3.8) is 0 Å². The van der Waals surface area contributed by atoms with Crippen LogP contribution in [0.1, 0.15) is 26.3 Å². The molecule has 0 unspecified atom stereocenters. The van der Waals surface area contributed by atoms with Crippen molar-refractivity contribution in [3.8, 4) is 0 Å². The number of nitrogens with zero attached hydrogens (tertiary/aromatic N) is 1. The summed E-state index contributed by atoms with van der Waals surface area (Å²) in [5, 5.41) is 2.05. The summed E-state index contributed by atoms with van der Waals surface area (Å²) in [5.41, 5.74) is 1.46. The molecule has 6 heteroatoms. The lowest BCUT2D eigenvalue weighted by Crippen LogP contribution is -2.37. The van der Waals surface area contributed by atoms with Crippen LogP contribution in [0.15, 0.2) is 42.5 Å². The first-order valence-corrected chi connectivity index (χ1v) is 6.88. The third kappa shape index (κ3) is 2.73. The molecule has 0 bridgehead atoms. The van der Waals surface area contributed by atoms with Crippen molar-refractivity contribution in [2.24, 2.45) is 0 Å². The van der Waals surface area contributed by atoms with Crippen LogP contribution in [-0.2, 0) is 11.4 Å². The number of rotatable bonds is 1. The molecule has 1 amide bonds. The summed E-state index contributed by atoms with van der Waals surface area (Å²) < 4.78 is 0. The Kier molecular flexibility index (Phi) is 3.57. The Morgan fingerprint density at radius 2 is 1.71 bits per heavy atom. The van der Waals surface area contributed by atoms with Gasteiger partial charge in [-0.2, -0.15) is 5.06 Å². The largest absolute Gasteiger partial charge is 0.363 e. The number of benzene rings is 2. The first kappa shape index (κ1) is 13.9. The molecule has 0 aromatic heterocycles. The van der Waals surface area contributed by atoms with E-state index in [0.717, 1.165) is 5.06 Å². The Hall–Kier alpha value is -2.04. The van der Waals surface area contributed by atoms with Gasteiger partial charge in [-0.3, -0.25) is 4.79 Å². The van der Waals surface area contributed by atoms with Gasteiger partial charge in [0, 0.05) is 15.6 Å². The van der Waals surface area contributed by atoms with Gasteiger partial charge >= 0.3 is 5.97 Å². The predicted octanol–water partition coefficient (Wildman–Crippen LogP) is 3.72. The minimum absolute atomic E-state index is 0.156. The van der Waals surface area contributed by atoms with E-state index in [1.807, 2.05) is 0 Å². The fourth-order valence-corrected chi connectivity index (χ4v) is 2.40. The first-order valence-electron chi connectivity index (χ1n) is 6.13. The summed E-state index contributed by atoms with van der Waals surface area (Å²) >= 11 is 11.7. The van der Waals surface area contributed by atoms with Gasteiger partial charge in [0.1, 0.15) is 0 Å². The van der Waals surface area contributed by atoms with E-state index in [0.29, 0.717) is 26.7 Å². The van der Waals surface area contributed by atoms with E-state index >= 15 is 0 Å². The maximum absolute atomic E-state index is 12.3. The van der Waals surface area contributed by atoms with Crippen molar-refractivity contribution in [1.29, 1.82) is 0 Å². The van der Waals surface area contributed by atoms with Crippen molar-refractivity contribution in [2.75, 3.05) is 0 Å². The second kappa shape index (κ2) is 5.39. The lowest BCUT2D eigenvalue weighted by molar-refractivity contribution is -0.0929. The molecule has 106 valence electrons. The topological polar surface area (TPSA) is 46.6 Å². The monoisotopic (exact) mass is 321 g/mol. The Bertz CT molecular complexity index is 728. The molecule has 21 heavy (non-hydrogen) atoms. The van der Waals surface area contributed by atoms with Crippen LogP contribution in [0.4, 0.5) is 0 Å². The summed E-state index contributed by atoms with van der Waals surface area (Å²) in [6.45, 7) is 0.156. The Balaban J connectivity index is 1.90. The zero-order valence-electron chi connectivity index (χ0n) is 10.7. The summed E-state index contributed by atoms with van der Waals surface area (Å²) in [6.07, 6.45) is 0. The van der Waals surface area contributed by atoms with E-state index in [1.165, 1.54) is 0 Å². The van der Waals surface area contributed by atoms with E-state index < -0.39 is 11.9 Å². The number of hydroxylamine groups is 2. The minimum Gasteiger partial charge on any atom is -0.332 e. The molecule has 0 atom stereocenters. The van der Waals surface area contributed by atoms with E-state index in [9.17, 15) is 9.59 Å². The van der Waals surface area contributed by atoms with Gasteiger partial charge < -0.3 is 4.84 Å². The molecule has 3 rings (SSSR count). The van der Waals surface area contributed by atoms with Crippen molar-refractivity contribution in [1.82, 2.24) is 5.06 Å². The van der Waals surface area contributed by atoms with Crippen molar-refractivity contribution >= 4 is 35.1 Å². The maximum Gasteiger partial charge on any atom is 0.363 e. The molecule has 1 heterocycles. The number of carbonyl (C=O) groups is 2. The van der Waals surface area contributed by atoms with Gasteiger partial charge in [0.2, 0.25) is 0 Å². The molecule has 0 saturated carbocycles. The van der Waals surface area contributed by atoms with E-state index in [2.05, 4.69) is 0 Å². The summed E-state index contributed by atoms with van der Waals surface area (Å²) in [5.74, 6) is -0.985. The molecule has 2 aromatic carbocycles. The van der Waals surface area contributed by atoms with Crippen molar-refractivity contribution < 1.29 is 14.4 Å². The molecule has 0 aliphatic carbocycles. The number of carbonyl (C=O) groups excluding carboxylic acids is 2. The molecule has 0 fully saturated rings. The van der Waals surface area contributed by atoms with Crippen LogP contribution >= 0.6 is 23.2 Å². The van der Waals surface area contributed by atoms with Crippen LogP contribution in [-0.4, -0.2) is 16.9 Å². The van der Waals surface area contributed by atoms with Crippen molar-refractivity contribution in [2.45, 2.75) is 6.54 Å². The van der Waals surface area contributed by atoms with Gasteiger partial charge in [-0.05, 0) is 48.0 Å². The molecule has 4 nitrogen and oxygen atoms in total. The van der Waals surface area contributed by atoms with Gasteiger partial charge in [0.05, 0.1) is 12.1 Å². The Morgan fingerprint density at radius 3 is 2.43 bits per heavy atom. The molecule has 0 saturated heterocycles. The quantitative estimate of drug-likeness (QED) is 0.804. The highest BCUT2D eigenvalue weighted by atomic mass is 35.5. The van der Waals surface area contributed by atoms with E-state index in [-0.39, 0.29) is 6.54 Å². The van der Waals surface area contributed by atoms with Gasteiger partial charge in [0.25, 0.3) is 5.91 Å². The van der Waals surface area contributed by atoms with E-state index in [1.54, 1.807) is 42.5 Å². The molecule has 1 aliphatic heterocycles. The molecule has 0 N–H and O–H groups in total. The summed E-state index contributed by atoms with van der Waals surface area (Å²) in [6, 6.07) is 11.2. The third-order valence-electron chi connectivity index (χ3n) is 3.11. The Morgan fingerprint density at radius 1 is 1.05 bits per heavy atom. The molecule has 1 aliphatic rings. The van der Waals surface area contributed by atoms with Crippen LogP contribution in [0.2, 0.25) is 10.0 Å². The van der Waals surface area contributed by atoms with Crippen LogP contribution in [0.5, 0.6) is 0 Å². The average Bonchev–Trinajstić information content (AvgIpc) is 2.46. The number of hydrogen-bond acceptors (Lipinski definition) is 3. The highest BCUT2D eigenvalue weighted by Crippen LogP contribution is 2.24. The molecule has 0 spiro atoms. The second-order valence-electron chi connectivity index (χ2n) is 4.53. The highest BCUT2D eigenvalue weighted by Gasteiger charge is 2.29. The average molecular weight is 322 g/mol. The fraction of sp³-hybridized carbons (Fsp3) is 0.0667. The molecule has 0 radical (unpaired) electrons. The standard InChI is InChI=1S/C15H9Cl2NO3/c16-11-3-1-9(2-4-11)14(19)18-8-10-7-12(17)5-6-13(10)15(20)21-18/h1-7H,8H2. The van der Waals surface area contributed by atoms with Crippen LogP contribution < -0.4 is 0 Å². The van der Waals surface area contributed by atoms with Crippen LogP contribution in [0.25, 0.3) is 0 Å².